The highest BCUT2D eigenvalue weighted by molar-refractivity contribution is 6.33. The third kappa shape index (κ3) is 3.71. The van der Waals surface area contributed by atoms with Gasteiger partial charge in [0.05, 0.1) is 5.69 Å². The Hall–Kier alpha value is -1.07. The molecule has 0 aliphatic heterocycles. The van der Waals surface area contributed by atoms with E-state index in [1.807, 2.05) is 0 Å². The summed E-state index contributed by atoms with van der Waals surface area (Å²) in [5.74, 6) is 1.25. The van der Waals surface area contributed by atoms with Gasteiger partial charge in [0, 0.05) is 19.1 Å². The summed E-state index contributed by atoms with van der Waals surface area (Å²) in [6, 6.07) is 0. The molecule has 17 heavy (non-hydrogen) atoms. The van der Waals surface area contributed by atoms with Crippen molar-refractivity contribution in [2.45, 2.75) is 20.8 Å². The zero-order chi connectivity index (χ0) is 13.0. The van der Waals surface area contributed by atoms with E-state index in [9.17, 15) is 5.11 Å². The van der Waals surface area contributed by atoms with Gasteiger partial charge in [0.1, 0.15) is 5.02 Å². The van der Waals surface area contributed by atoms with Crippen molar-refractivity contribution in [3.8, 4) is 0 Å². The molecule has 0 aromatic carbocycles. The second-order valence-corrected chi connectivity index (χ2v) is 4.78. The summed E-state index contributed by atoms with van der Waals surface area (Å²) in [5.41, 5.74) is 6.20. The quantitative estimate of drug-likeness (QED) is 0.749. The van der Waals surface area contributed by atoms with Crippen molar-refractivity contribution in [1.29, 1.82) is 0 Å². The van der Waals surface area contributed by atoms with Crippen molar-refractivity contribution < 1.29 is 5.11 Å². The summed E-state index contributed by atoms with van der Waals surface area (Å²) < 4.78 is 0. The van der Waals surface area contributed by atoms with Crippen LogP contribution in [0.5, 0.6) is 0 Å². The number of aryl methyl sites for hydroxylation is 1. The van der Waals surface area contributed by atoms with Gasteiger partial charge in [-0.1, -0.05) is 25.4 Å². The van der Waals surface area contributed by atoms with Crippen LogP contribution in [0.3, 0.4) is 0 Å². The second kappa shape index (κ2) is 6.02. The van der Waals surface area contributed by atoms with Crippen LogP contribution in [0.15, 0.2) is 0 Å². The number of aliphatic hydroxyl groups is 1. The van der Waals surface area contributed by atoms with Crippen LogP contribution in [-0.4, -0.2) is 28.2 Å². The van der Waals surface area contributed by atoms with Crippen LogP contribution < -0.4 is 11.1 Å². The van der Waals surface area contributed by atoms with Gasteiger partial charge in [-0.25, -0.2) is 4.98 Å². The van der Waals surface area contributed by atoms with E-state index in [4.69, 9.17) is 17.3 Å². The van der Waals surface area contributed by atoms with Crippen LogP contribution >= 0.6 is 11.6 Å². The maximum Gasteiger partial charge on any atom is 0.222 e. The first-order chi connectivity index (χ1) is 7.95. The largest absolute Gasteiger partial charge is 0.396 e. The van der Waals surface area contributed by atoms with E-state index in [0.29, 0.717) is 29.0 Å². The van der Waals surface area contributed by atoms with E-state index in [-0.39, 0.29) is 18.5 Å². The van der Waals surface area contributed by atoms with Crippen molar-refractivity contribution in [1.82, 2.24) is 9.97 Å². The minimum Gasteiger partial charge on any atom is -0.396 e. The number of hydrogen-bond acceptors (Lipinski definition) is 5. The Morgan fingerprint density at radius 3 is 2.59 bits per heavy atom. The van der Waals surface area contributed by atoms with Crippen molar-refractivity contribution >= 4 is 23.4 Å². The molecule has 0 saturated heterocycles. The smallest absolute Gasteiger partial charge is 0.222 e. The number of anilines is 2. The molecule has 6 heteroatoms. The van der Waals surface area contributed by atoms with Gasteiger partial charge in [-0.05, 0) is 12.8 Å². The number of hydrogen-bond donors (Lipinski definition) is 3. The Kier molecular flexibility index (Phi) is 4.96. The Bertz CT molecular complexity index is 384. The van der Waals surface area contributed by atoms with Gasteiger partial charge < -0.3 is 16.2 Å². The van der Waals surface area contributed by atoms with Crippen LogP contribution in [0.1, 0.15) is 19.5 Å². The molecule has 0 saturated carbocycles. The lowest BCUT2D eigenvalue weighted by atomic mass is 9.97. The fourth-order valence-electron chi connectivity index (χ4n) is 1.44. The monoisotopic (exact) mass is 258 g/mol. The number of aromatic nitrogens is 2. The van der Waals surface area contributed by atoms with E-state index in [1.54, 1.807) is 6.92 Å². The summed E-state index contributed by atoms with van der Waals surface area (Å²) in [6.45, 7) is 6.62. The van der Waals surface area contributed by atoms with Crippen molar-refractivity contribution in [3.05, 3.63) is 10.7 Å². The fourth-order valence-corrected chi connectivity index (χ4v) is 1.59. The maximum atomic E-state index is 9.22. The van der Waals surface area contributed by atoms with Crippen molar-refractivity contribution in [2.75, 3.05) is 24.2 Å². The zero-order valence-corrected chi connectivity index (χ0v) is 11.1. The normalized spacial score (nSPS) is 12.8. The van der Waals surface area contributed by atoms with E-state index in [0.717, 1.165) is 0 Å². The van der Waals surface area contributed by atoms with Gasteiger partial charge in [-0.3, -0.25) is 0 Å². The average Bonchev–Trinajstić information content (AvgIpc) is 2.25. The molecule has 0 radical (unpaired) electrons. The van der Waals surface area contributed by atoms with Crippen molar-refractivity contribution in [2.24, 2.45) is 11.8 Å². The minimum absolute atomic E-state index is 0.127. The molecule has 0 fully saturated rings. The highest BCUT2D eigenvalue weighted by atomic mass is 35.5. The number of nitrogen functional groups attached to an aromatic ring is 1. The van der Waals surface area contributed by atoms with Crippen LogP contribution in [-0.2, 0) is 0 Å². The Morgan fingerprint density at radius 2 is 2.06 bits per heavy atom. The predicted molar refractivity (Wildman–Crippen MR) is 70.1 cm³/mol. The fraction of sp³-hybridized carbons (Fsp3) is 0.636. The van der Waals surface area contributed by atoms with Gasteiger partial charge in [0.25, 0.3) is 0 Å². The van der Waals surface area contributed by atoms with Gasteiger partial charge in [-0.15, -0.1) is 0 Å². The molecule has 5 nitrogen and oxygen atoms in total. The molecule has 96 valence electrons. The average molecular weight is 259 g/mol. The first kappa shape index (κ1) is 14.0. The first-order valence-corrected chi connectivity index (χ1v) is 5.97. The molecule has 1 heterocycles. The van der Waals surface area contributed by atoms with Crippen LogP contribution in [0, 0.1) is 18.8 Å². The Labute approximate surface area is 106 Å². The third-order valence-corrected chi connectivity index (χ3v) is 3.20. The molecule has 1 rings (SSSR count). The van der Waals surface area contributed by atoms with Crippen molar-refractivity contribution in [3.63, 3.8) is 0 Å². The van der Waals surface area contributed by atoms with E-state index in [1.165, 1.54) is 0 Å². The lowest BCUT2D eigenvalue weighted by Crippen LogP contribution is -2.23. The summed E-state index contributed by atoms with van der Waals surface area (Å²) >= 11 is 6.07. The number of nitrogens with zero attached hydrogens (tertiary/aromatic N) is 2. The number of aliphatic hydroxyl groups excluding tert-OH is 1. The molecule has 1 aromatic rings. The molecule has 4 N–H and O–H groups in total. The lowest BCUT2D eigenvalue weighted by molar-refractivity contribution is 0.198. The van der Waals surface area contributed by atoms with E-state index in [2.05, 4.69) is 29.1 Å². The topological polar surface area (TPSA) is 84.1 Å². The number of nitrogens with two attached hydrogens (primary N) is 1. The van der Waals surface area contributed by atoms with E-state index >= 15 is 0 Å². The Balaban J connectivity index is 2.75. The number of rotatable bonds is 5. The summed E-state index contributed by atoms with van der Waals surface area (Å²) in [5, 5.41) is 12.8. The molecule has 0 bridgehead atoms. The molecule has 1 aromatic heterocycles. The molecule has 0 aliphatic carbocycles. The molecule has 0 spiro atoms. The molecular weight excluding hydrogens is 240 g/mol. The predicted octanol–water partition coefficient (Wildman–Crippen LogP) is 1.70. The molecule has 0 aliphatic rings. The molecule has 1 unspecified atom stereocenters. The molecular formula is C11H19ClN4O. The SMILES string of the molecule is Cc1nc(N)nc(NCC(CO)C(C)C)c1Cl. The third-order valence-electron chi connectivity index (χ3n) is 2.74. The molecule has 1 atom stereocenters. The summed E-state index contributed by atoms with van der Waals surface area (Å²) in [4.78, 5) is 8.00. The Morgan fingerprint density at radius 1 is 1.41 bits per heavy atom. The highest BCUT2D eigenvalue weighted by Gasteiger charge is 2.14. The minimum atomic E-state index is 0.127. The van der Waals surface area contributed by atoms with Gasteiger partial charge >= 0.3 is 0 Å². The summed E-state index contributed by atoms with van der Waals surface area (Å²) in [6.07, 6.45) is 0. The van der Waals surface area contributed by atoms with Gasteiger partial charge in [0.2, 0.25) is 5.95 Å². The number of nitrogens with one attached hydrogen (secondary N) is 1. The van der Waals surface area contributed by atoms with Gasteiger partial charge in [-0.2, -0.15) is 4.98 Å². The molecule has 0 amide bonds. The summed E-state index contributed by atoms with van der Waals surface area (Å²) in [7, 11) is 0. The zero-order valence-electron chi connectivity index (χ0n) is 10.4. The van der Waals surface area contributed by atoms with Crippen LogP contribution in [0.2, 0.25) is 5.02 Å². The number of halogens is 1. The van der Waals surface area contributed by atoms with E-state index < -0.39 is 0 Å². The second-order valence-electron chi connectivity index (χ2n) is 4.40. The highest BCUT2D eigenvalue weighted by Crippen LogP contribution is 2.23. The first-order valence-electron chi connectivity index (χ1n) is 5.60. The van der Waals surface area contributed by atoms with Crippen LogP contribution in [0.4, 0.5) is 11.8 Å². The van der Waals surface area contributed by atoms with Gasteiger partial charge in [0.15, 0.2) is 5.82 Å². The lowest BCUT2D eigenvalue weighted by Gasteiger charge is -2.19. The standard InChI is InChI=1S/C11H19ClN4O/c1-6(2)8(5-17)4-14-10-9(12)7(3)15-11(13)16-10/h6,8,17H,4-5H2,1-3H3,(H3,13,14,15,16). The van der Waals surface area contributed by atoms with Crippen LogP contribution in [0.25, 0.3) is 0 Å². The maximum absolute atomic E-state index is 9.22.